The fraction of sp³-hybridized carbons (Fsp3) is 0.294. The van der Waals surface area contributed by atoms with Crippen molar-refractivity contribution in [3.8, 4) is 0 Å². The molecule has 0 aliphatic heterocycles. The van der Waals surface area contributed by atoms with Crippen LogP contribution in [0.2, 0.25) is 0 Å². The quantitative estimate of drug-likeness (QED) is 0.538. The zero-order chi connectivity index (χ0) is 15.2. The molecule has 1 N–H and O–H groups in total. The van der Waals surface area contributed by atoms with E-state index in [4.69, 9.17) is 4.74 Å². The van der Waals surface area contributed by atoms with E-state index in [-0.39, 0.29) is 0 Å². The van der Waals surface area contributed by atoms with Crippen molar-refractivity contribution in [2.24, 2.45) is 0 Å². The molecule has 2 heterocycles. The van der Waals surface area contributed by atoms with E-state index in [1.54, 1.807) is 0 Å². The standard InChI is InChI=1S/C17H21N4O/c1-2-10-22-14-20-9-5-6-15(11-20)18-12-21-13-19-16-7-3-4-8-17(16)21/h3-9,11,13,18H,2,10,12,14H2,1H3/q+1. The lowest BCUT2D eigenvalue weighted by Crippen LogP contribution is -2.34. The molecular weight excluding hydrogens is 276 g/mol. The highest BCUT2D eigenvalue weighted by molar-refractivity contribution is 5.74. The molecule has 0 aliphatic rings. The van der Waals surface area contributed by atoms with E-state index in [0.717, 1.165) is 29.7 Å². The van der Waals surface area contributed by atoms with Crippen LogP contribution in [0, 0.1) is 0 Å². The van der Waals surface area contributed by atoms with E-state index in [1.165, 1.54) is 0 Å². The summed E-state index contributed by atoms with van der Waals surface area (Å²) < 4.78 is 9.68. The molecule has 3 aromatic rings. The number of benzene rings is 1. The van der Waals surface area contributed by atoms with Crippen LogP contribution in [0.25, 0.3) is 11.0 Å². The average Bonchev–Trinajstić information content (AvgIpc) is 2.97. The number of para-hydroxylation sites is 2. The van der Waals surface area contributed by atoms with E-state index < -0.39 is 0 Å². The van der Waals surface area contributed by atoms with Gasteiger partial charge in [-0.15, -0.1) is 0 Å². The summed E-state index contributed by atoms with van der Waals surface area (Å²) in [4.78, 5) is 4.40. The van der Waals surface area contributed by atoms with Gasteiger partial charge in [-0.2, -0.15) is 4.57 Å². The second-order valence-electron chi connectivity index (χ2n) is 5.18. The van der Waals surface area contributed by atoms with Gasteiger partial charge in [0, 0.05) is 6.07 Å². The summed E-state index contributed by atoms with van der Waals surface area (Å²) in [7, 11) is 0. The first-order valence-electron chi connectivity index (χ1n) is 7.57. The number of hydrogen-bond donors (Lipinski definition) is 1. The number of imidazole rings is 1. The highest BCUT2D eigenvalue weighted by Crippen LogP contribution is 2.12. The number of fused-ring (bicyclic) bond motifs is 1. The minimum atomic E-state index is 0.581. The molecule has 5 heteroatoms. The Balaban J connectivity index is 1.65. The van der Waals surface area contributed by atoms with Crippen LogP contribution in [0.4, 0.5) is 5.69 Å². The van der Waals surface area contributed by atoms with Gasteiger partial charge >= 0.3 is 0 Å². The van der Waals surface area contributed by atoms with Crippen molar-refractivity contribution in [3.05, 3.63) is 55.1 Å². The summed E-state index contributed by atoms with van der Waals surface area (Å²) in [6.07, 6.45) is 6.95. The highest BCUT2D eigenvalue weighted by Gasteiger charge is 2.04. The van der Waals surface area contributed by atoms with Crippen molar-refractivity contribution in [1.29, 1.82) is 0 Å². The predicted octanol–water partition coefficient (Wildman–Crippen LogP) is 2.78. The summed E-state index contributed by atoms with van der Waals surface area (Å²) in [5.74, 6) is 0. The Morgan fingerprint density at radius 2 is 2.14 bits per heavy atom. The largest absolute Gasteiger partial charge is 0.363 e. The van der Waals surface area contributed by atoms with Crippen LogP contribution < -0.4 is 9.88 Å². The Bertz CT molecular complexity index is 738. The molecule has 0 saturated carbocycles. The Morgan fingerprint density at radius 3 is 3.05 bits per heavy atom. The van der Waals surface area contributed by atoms with E-state index >= 15 is 0 Å². The van der Waals surface area contributed by atoms with Gasteiger partial charge in [0.2, 0.25) is 0 Å². The van der Waals surface area contributed by atoms with Gasteiger partial charge in [0.25, 0.3) is 6.73 Å². The first-order valence-corrected chi connectivity index (χ1v) is 7.57. The Morgan fingerprint density at radius 1 is 1.23 bits per heavy atom. The third-order valence-electron chi connectivity index (χ3n) is 3.43. The molecule has 3 rings (SSSR count). The van der Waals surface area contributed by atoms with Crippen LogP contribution in [0.5, 0.6) is 0 Å². The third kappa shape index (κ3) is 3.43. The molecule has 114 valence electrons. The van der Waals surface area contributed by atoms with Crippen molar-refractivity contribution in [3.63, 3.8) is 0 Å². The van der Waals surface area contributed by atoms with E-state index in [2.05, 4.69) is 40.1 Å². The van der Waals surface area contributed by atoms with Crippen molar-refractivity contribution >= 4 is 16.7 Å². The first-order chi connectivity index (χ1) is 10.9. The summed E-state index contributed by atoms with van der Waals surface area (Å²) in [5.41, 5.74) is 3.20. The lowest BCUT2D eigenvalue weighted by Gasteiger charge is -2.07. The molecule has 0 aliphatic carbocycles. The van der Waals surface area contributed by atoms with Gasteiger partial charge in [0.05, 0.1) is 30.6 Å². The number of rotatable bonds is 7. The molecule has 0 fully saturated rings. The summed E-state index contributed by atoms with van der Waals surface area (Å²) in [6.45, 7) is 4.15. The topological polar surface area (TPSA) is 43.0 Å². The van der Waals surface area contributed by atoms with Crippen molar-refractivity contribution < 1.29 is 9.30 Å². The lowest BCUT2D eigenvalue weighted by atomic mass is 10.3. The monoisotopic (exact) mass is 297 g/mol. The highest BCUT2D eigenvalue weighted by atomic mass is 16.5. The molecule has 0 amide bonds. The molecule has 0 bridgehead atoms. The van der Waals surface area contributed by atoms with Gasteiger partial charge < -0.3 is 14.6 Å². The maximum atomic E-state index is 5.55. The number of anilines is 1. The normalized spacial score (nSPS) is 11.0. The minimum Gasteiger partial charge on any atom is -0.363 e. The molecule has 2 aromatic heterocycles. The fourth-order valence-electron chi connectivity index (χ4n) is 2.33. The summed E-state index contributed by atoms with van der Waals surface area (Å²) in [6, 6.07) is 12.2. The molecular formula is C17H21N4O+. The van der Waals surface area contributed by atoms with Gasteiger partial charge in [0.15, 0.2) is 12.4 Å². The van der Waals surface area contributed by atoms with Crippen LogP contribution >= 0.6 is 0 Å². The Labute approximate surface area is 130 Å². The molecule has 0 spiro atoms. The van der Waals surface area contributed by atoms with Crippen LogP contribution in [-0.2, 0) is 18.1 Å². The van der Waals surface area contributed by atoms with Crippen LogP contribution in [0.3, 0.4) is 0 Å². The second-order valence-corrected chi connectivity index (χ2v) is 5.18. The number of hydrogen-bond acceptors (Lipinski definition) is 3. The van der Waals surface area contributed by atoms with Crippen molar-refractivity contribution in [2.75, 3.05) is 11.9 Å². The van der Waals surface area contributed by atoms with Crippen molar-refractivity contribution in [2.45, 2.75) is 26.7 Å². The SMILES string of the molecule is CCCOC[n+]1cccc(NCn2cnc3ccccc32)c1. The third-order valence-corrected chi connectivity index (χ3v) is 3.43. The molecule has 0 saturated heterocycles. The molecule has 0 unspecified atom stereocenters. The van der Waals surface area contributed by atoms with Crippen LogP contribution in [-0.4, -0.2) is 16.2 Å². The van der Waals surface area contributed by atoms with Crippen LogP contribution in [0.15, 0.2) is 55.1 Å². The first kappa shape index (κ1) is 14.5. The van der Waals surface area contributed by atoms with Crippen molar-refractivity contribution in [1.82, 2.24) is 9.55 Å². The predicted molar refractivity (Wildman–Crippen MR) is 86.2 cm³/mol. The smallest absolute Gasteiger partial charge is 0.252 e. The molecule has 22 heavy (non-hydrogen) atoms. The van der Waals surface area contributed by atoms with Gasteiger partial charge in [-0.25, -0.2) is 4.98 Å². The van der Waals surface area contributed by atoms with Gasteiger partial charge in [-0.05, 0) is 24.6 Å². The zero-order valence-electron chi connectivity index (χ0n) is 12.8. The van der Waals surface area contributed by atoms with Gasteiger partial charge in [-0.3, -0.25) is 0 Å². The lowest BCUT2D eigenvalue weighted by molar-refractivity contribution is -0.732. The van der Waals surface area contributed by atoms with Gasteiger partial charge in [0.1, 0.15) is 5.69 Å². The number of nitrogens with zero attached hydrogens (tertiary/aromatic N) is 3. The second kappa shape index (κ2) is 7.04. The number of nitrogens with one attached hydrogen (secondary N) is 1. The Hall–Kier alpha value is -2.40. The number of ether oxygens (including phenoxy) is 1. The van der Waals surface area contributed by atoms with Crippen LogP contribution in [0.1, 0.15) is 13.3 Å². The zero-order valence-corrected chi connectivity index (χ0v) is 12.8. The molecule has 1 aromatic carbocycles. The Kier molecular flexibility index (Phi) is 4.65. The van der Waals surface area contributed by atoms with E-state index in [1.807, 2.05) is 41.4 Å². The minimum absolute atomic E-state index is 0.581. The van der Waals surface area contributed by atoms with Gasteiger partial charge in [-0.1, -0.05) is 19.1 Å². The summed E-state index contributed by atoms with van der Waals surface area (Å²) in [5, 5.41) is 3.42. The fourth-order valence-corrected chi connectivity index (χ4v) is 2.33. The summed E-state index contributed by atoms with van der Waals surface area (Å²) >= 11 is 0. The maximum Gasteiger partial charge on any atom is 0.252 e. The van der Waals surface area contributed by atoms with E-state index in [9.17, 15) is 0 Å². The van der Waals surface area contributed by atoms with E-state index in [0.29, 0.717) is 13.4 Å². The molecule has 0 radical (unpaired) electrons. The number of aromatic nitrogens is 3. The number of pyridine rings is 1. The average molecular weight is 297 g/mol. The maximum absolute atomic E-state index is 5.55. The molecule has 0 atom stereocenters. The molecule has 5 nitrogen and oxygen atoms in total.